The quantitative estimate of drug-likeness (QED) is 0.536. The fraction of sp³-hybridized carbons (Fsp3) is 0.0526. The Morgan fingerprint density at radius 3 is 2.59 bits per heavy atom. The lowest BCUT2D eigenvalue weighted by Crippen LogP contribution is -2.13. The lowest BCUT2D eigenvalue weighted by atomic mass is 10.1. The number of fused-ring (bicyclic) bond motifs is 1. The van der Waals surface area contributed by atoms with Crippen molar-refractivity contribution in [1.82, 2.24) is 19.8 Å². The molecule has 0 saturated heterocycles. The molecule has 0 saturated carbocycles. The maximum atomic E-state index is 12.9. The van der Waals surface area contributed by atoms with Crippen LogP contribution in [0.25, 0.3) is 16.9 Å². The maximum Gasteiger partial charge on any atom is 0.234 e. The van der Waals surface area contributed by atoms with Crippen LogP contribution in [0.5, 0.6) is 0 Å². The minimum Gasteiger partial charge on any atom is -0.325 e. The van der Waals surface area contributed by atoms with E-state index >= 15 is 0 Å². The number of aromatic nitrogens is 4. The van der Waals surface area contributed by atoms with E-state index in [9.17, 15) is 9.18 Å². The Kier molecular flexibility index (Phi) is 4.80. The summed E-state index contributed by atoms with van der Waals surface area (Å²) in [6.07, 6.45) is 1.55. The van der Waals surface area contributed by atoms with Gasteiger partial charge in [-0.1, -0.05) is 12.1 Å². The monoisotopic (exact) mass is 379 g/mol. The van der Waals surface area contributed by atoms with Crippen molar-refractivity contribution < 1.29 is 9.18 Å². The third-order valence-electron chi connectivity index (χ3n) is 3.81. The number of hydrogen-bond donors (Lipinski definition) is 1. The number of benzene rings is 2. The van der Waals surface area contributed by atoms with E-state index in [1.54, 1.807) is 23.0 Å². The second-order valence-electron chi connectivity index (χ2n) is 5.72. The molecule has 2 aromatic carbocycles. The van der Waals surface area contributed by atoms with Gasteiger partial charge in [-0.25, -0.2) is 4.39 Å². The topological polar surface area (TPSA) is 72.2 Å². The number of nitrogens with one attached hydrogen (secondary N) is 1. The number of hydrogen-bond acceptors (Lipinski definition) is 5. The third-order valence-corrected chi connectivity index (χ3v) is 4.82. The molecule has 0 aliphatic carbocycles. The van der Waals surface area contributed by atoms with Crippen LogP contribution in [0.3, 0.4) is 0 Å². The molecule has 0 aliphatic rings. The summed E-state index contributed by atoms with van der Waals surface area (Å²) in [6, 6.07) is 17.2. The van der Waals surface area contributed by atoms with Crippen LogP contribution in [-0.4, -0.2) is 31.5 Å². The second kappa shape index (κ2) is 7.55. The Morgan fingerprint density at radius 2 is 1.81 bits per heavy atom. The van der Waals surface area contributed by atoms with E-state index in [0.717, 1.165) is 16.2 Å². The molecular formula is C19H14FN5OS. The van der Waals surface area contributed by atoms with Gasteiger partial charge in [0.1, 0.15) is 12.1 Å². The zero-order valence-corrected chi connectivity index (χ0v) is 14.9. The van der Waals surface area contributed by atoms with E-state index in [1.165, 1.54) is 23.9 Å². The van der Waals surface area contributed by atoms with Gasteiger partial charge in [0.05, 0.1) is 11.4 Å². The molecule has 27 heavy (non-hydrogen) atoms. The highest BCUT2D eigenvalue weighted by molar-refractivity contribution is 8.00. The molecule has 1 N–H and O–H groups in total. The van der Waals surface area contributed by atoms with Crippen molar-refractivity contribution in [2.24, 2.45) is 0 Å². The van der Waals surface area contributed by atoms with Crippen LogP contribution < -0.4 is 5.32 Å². The van der Waals surface area contributed by atoms with E-state index < -0.39 is 0 Å². The lowest BCUT2D eigenvalue weighted by Gasteiger charge is -2.07. The van der Waals surface area contributed by atoms with E-state index in [0.29, 0.717) is 11.3 Å². The molecule has 0 spiro atoms. The number of carbonyl (C=O) groups excluding carboxylic acids is 1. The largest absolute Gasteiger partial charge is 0.325 e. The van der Waals surface area contributed by atoms with Gasteiger partial charge in [-0.3, -0.25) is 4.79 Å². The number of amides is 1. The van der Waals surface area contributed by atoms with E-state index in [-0.39, 0.29) is 17.5 Å². The van der Waals surface area contributed by atoms with Crippen LogP contribution in [-0.2, 0) is 4.79 Å². The first kappa shape index (κ1) is 17.2. The lowest BCUT2D eigenvalue weighted by molar-refractivity contribution is -0.113. The van der Waals surface area contributed by atoms with E-state index in [1.807, 2.05) is 36.4 Å². The molecule has 2 heterocycles. The zero-order valence-electron chi connectivity index (χ0n) is 14.0. The molecule has 4 aromatic rings. The molecule has 0 aliphatic heterocycles. The summed E-state index contributed by atoms with van der Waals surface area (Å²) in [4.78, 5) is 12.9. The Hall–Kier alpha value is -3.26. The third kappa shape index (κ3) is 4.12. The van der Waals surface area contributed by atoms with Gasteiger partial charge in [0.25, 0.3) is 0 Å². The van der Waals surface area contributed by atoms with Gasteiger partial charge in [-0.05, 0) is 48.5 Å². The number of rotatable bonds is 5. The molecule has 0 atom stereocenters. The Labute approximate surface area is 158 Å². The summed E-state index contributed by atoms with van der Waals surface area (Å²) in [7, 11) is 0. The number of thioether (sulfide) groups is 1. The van der Waals surface area contributed by atoms with Crippen molar-refractivity contribution in [3.63, 3.8) is 0 Å². The van der Waals surface area contributed by atoms with Gasteiger partial charge in [0.15, 0.2) is 5.65 Å². The fourth-order valence-corrected chi connectivity index (χ4v) is 3.18. The highest BCUT2D eigenvalue weighted by atomic mass is 32.2. The molecular weight excluding hydrogens is 365 g/mol. The summed E-state index contributed by atoms with van der Waals surface area (Å²) in [5.41, 5.74) is 3.09. The van der Waals surface area contributed by atoms with Crippen LogP contribution >= 0.6 is 11.8 Å². The second-order valence-corrected chi connectivity index (χ2v) is 6.77. The van der Waals surface area contributed by atoms with Crippen LogP contribution in [0.15, 0.2) is 71.9 Å². The average molecular weight is 379 g/mol. The van der Waals surface area contributed by atoms with Crippen molar-refractivity contribution in [3.05, 3.63) is 72.8 Å². The van der Waals surface area contributed by atoms with Gasteiger partial charge in [0.2, 0.25) is 5.91 Å². The van der Waals surface area contributed by atoms with E-state index in [4.69, 9.17) is 0 Å². The van der Waals surface area contributed by atoms with Gasteiger partial charge in [-0.2, -0.15) is 9.61 Å². The minimum atomic E-state index is -0.290. The Balaban J connectivity index is 1.38. The predicted molar refractivity (Wildman–Crippen MR) is 102 cm³/mol. The summed E-state index contributed by atoms with van der Waals surface area (Å²) in [5, 5.41) is 15.0. The smallest absolute Gasteiger partial charge is 0.234 e. The van der Waals surface area contributed by atoms with E-state index in [2.05, 4.69) is 20.6 Å². The van der Waals surface area contributed by atoms with Crippen molar-refractivity contribution >= 4 is 29.0 Å². The zero-order chi connectivity index (χ0) is 18.6. The average Bonchev–Trinajstić information content (AvgIpc) is 3.16. The highest BCUT2D eigenvalue weighted by Gasteiger charge is 2.06. The first-order valence-corrected chi connectivity index (χ1v) is 9.12. The molecule has 134 valence electrons. The number of carbonyl (C=O) groups is 1. The number of anilines is 1. The summed E-state index contributed by atoms with van der Waals surface area (Å²) >= 11 is 1.36. The summed E-state index contributed by atoms with van der Waals surface area (Å²) in [5.74, 6) is -0.165. The van der Waals surface area contributed by atoms with Gasteiger partial charge < -0.3 is 5.32 Å². The standard InChI is InChI=1S/C19H14FN5OS/c20-14-3-7-16(8-4-14)27-11-19(26)22-15-5-1-13(2-6-15)17-9-10-18-23-21-12-25(18)24-17/h1-10,12H,11H2,(H,22,26). The van der Waals surface area contributed by atoms with Crippen molar-refractivity contribution in [2.45, 2.75) is 4.90 Å². The summed E-state index contributed by atoms with van der Waals surface area (Å²) in [6.45, 7) is 0. The minimum absolute atomic E-state index is 0.124. The summed E-state index contributed by atoms with van der Waals surface area (Å²) < 4.78 is 14.5. The van der Waals surface area contributed by atoms with Crippen LogP contribution in [0.4, 0.5) is 10.1 Å². The molecule has 0 radical (unpaired) electrons. The van der Waals surface area contributed by atoms with Crippen LogP contribution in [0, 0.1) is 5.82 Å². The maximum absolute atomic E-state index is 12.9. The molecule has 0 fully saturated rings. The molecule has 6 nitrogen and oxygen atoms in total. The molecule has 0 bridgehead atoms. The highest BCUT2D eigenvalue weighted by Crippen LogP contribution is 2.21. The predicted octanol–water partition coefficient (Wildman–Crippen LogP) is 3.66. The first-order chi connectivity index (χ1) is 13.2. The SMILES string of the molecule is O=C(CSc1ccc(F)cc1)Nc1ccc(-c2ccc3nncn3n2)cc1. The fourth-order valence-electron chi connectivity index (χ4n) is 2.48. The Bertz CT molecular complexity index is 1080. The van der Waals surface area contributed by atoms with Gasteiger partial charge in [-0.15, -0.1) is 22.0 Å². The van der Waals surface area contributed by atoms with Crippen LogP contribution in [0.2, 0.25) is 0 Å². The normalized spacial score (nSPS) is 10.9. The van der Waals surface area contributed by atoms with Crippen molar-refractivity contribution in [1.29, 1.82) is 0 Å². The van der Waals surface area contributed by atoms with Gasteiger partial charge >= 0.3 is 0 Å². The Morgan fingerprint density at radius 1 is 1.04 bits per heavy atom. The molecule has 2 aromatic heterocycles. The molecule has 8 heteroatoms. The molecule has 4 rings (SSSR count). The number of halogens is 1. The number of nitrogens with zero attached hydrogens (tertiary/aromatic N) is 4. The van der Waals surface area contributed by atoms with Crippen molar-refractivity contribution in [3.8, 4) is 11.3 Å². The van der Waals surface area contributed by atoms with Crippen LogP contribution in [0.1, 0.15) is 0 Å². The van der Waals surface area contributed by atoms with Crippen molar-refractivity contribution in [2.75, 3.05) is 11.1 Å². The molecule has 0 unspecified atom stereocenters. The molecule has 1 amide bonds. The van der Waals surface area contributed by atoms with Gasteiger partial charge in [0, 0.05) is 16.1 Å². The first-order valence-electron chi connectivity index (χ1n) is 8.13.